The van der Waals surface area contributed by atoms with Crippen molar-refractivity contribution in [3.63, 3.8) is 0 Å². The van der Waals surface area contributed by atoms with Crippen molar-refractivity contribution < 1.29 is 19.1 Å². The number of unbranched alkanes of at least 4 members (excludes halogenated alkanes) is 1. The predicted molar refractivity (Wildman–Crippen MR) is 115 cm³/mol. The maximum atomic E-state index is 12.6. The lowest BCUT2D eigenvalue weighted by molar-refractivity contribution is -0.116. The first-order valence-corrected chi connectivity index (χ1v) is 10.9. The number of amides is 2. The number of carbonyl (C=O) groups is 2. The highest BCUT2D eigenvalue weighted by atomic mass is 32.2. The number of carbonyl (C=O) groups excluding carboxylic acids is 2. The highest BCUT2D eigenvalue weighted by Crippen LogP contribution is 2.44. The van der Waals surface area contributed by atoms with Gasteiger partial charge in [0.1, 0.15) is 18.6 Å². The predicted octanol–water partition coefficient (Wildman–Crippen LogP) is 4.37. The van der Waals surface area contributed by atoms with Crippen LogP contribution in [0.25, 0.3) is 0 Å². The Morgan fingerprint density at radius 1 is 1.14 bits per heavy atom. The van der Waals surface area contributed by atoms with Gasteiger partial charge in [0.25, 0.3) is 0 Å². The van der Waals surface area contributed by atoms with Gasteiger partial charge in [-0.05, 0) is 36.2 Å². The standard InChI is InChI=1S/C22H24N2O4S/c1-2-3-4-20(25)23-16-7-5-15(6-8-16)22-24(21(26)14-29-22)17-9-10-18-19(13-17)28-12-11-27-18/h5-10,13,22H,2-4,11-12,14H2,1H3,(H,23,25)/t22-/m0/s1. The molecule has 1 fully saturated rings. The molecule has 1 N–H and O–H groups in total. The Bertz CT molecular complexity index is 900. The van der Waals surface area contributed by atoms with Gasteiger partial charge in [-0.3, -0.25) is 14.5 Å². The van der Waals surface area contributed by atoms with E-state index in [1.54, 1.807) is 16.7 Å². The summed E-state index contributed by atoms with van der Waals surface area (Å²) in [5.41, 5.74) is 2.59. The average Bonchev–Trinajstić information content (AvgIpc) is 3.14. The van der Waals surface area contributed by atoms with Gasteiger partial charge in [-0.25, -0.2) is 0 Å². The van der Waals surface area contributed by atoms with Crippen molar-refractivity contribution in [2.75, 3.05) is 29.2 Å². The van der Waals surface area contributed by atoms with Gasteiger partial charge in [0.15, 0.2) is 11.5 Å². The number of hydrogen-bond donors (Lipinski definition) is 1. The maximum absolute atomic E-state index is 12.6. The molecule has 1 atom stereocenters. The number of nitrogens with zero attached hydrogens (tertiary/aromatic N) is 1. The molecule has 0 radical (unpaired) electrons. The summed E-state index contributed by atoms with van der Waals surface area (Å²) in [6.45, 7) is 3.11. The third kappa shape index (κ3) is 4.34. The smallest absolute Gasteiger partial charge is 0.238 e. The monoisotopic (exact) mass is 412 g/mol. The zero-order valence-electron chi connectivity index (χ0n) is 16.3. The number of anilines is 2. The Morgan fingerprint density at radius 3 is 2.66 bits per heavy atom. The Hall–Kier alpha value is -2.67. The molecule has 6 nitrogen and oxygen atoms in total. The third-order valence-corrected chi connectivity index (χ3v) is 6.12. The molecule has 7 heteroatoms. The summed E-state index contributed by atoms with van der Waals surface area (Å²) >= 11 is 1.59. The van der Waals surface area contributed by atoms with Gasteiger partial charge in [0, 0.05) is 23.9 Å². The molecule has 2 aliphatic rings. The van der Waals surface area contributed by atoms with Crippen molar-refractivity contribution >= 4 is 35.0 Å². The van der Waals surface area contributed by atoms with Crippen LogP contribution in [0.15, 0.2) is 42.5 Å². The topological polar surface area (TPSA) is 67.9 Å². The zero-order valence-corrected chi connectivity index (χ0v) is 17.2. The number of nitrogens with one attached hydrogen (secondary N) is 1. The Morgan fingerprint density at radius 2 is 1.90 bits per heavy atom. The van der Waals surface area contributed by atoms with E-state index in [1.165, 1.54) is 0 Å². The van der Waals surface area contributed by atoms with Crippen LogP contribution in [0.5, 0.6) is 11.5 Å². The first kappa shape index (κ1) is 19.6. The van der Waals surface area contributed by atoms with Gasteiger partial charge in [-0.2, -0.15) is 0 Å². The molecule has 0 aliphatic carbocycles. The van der Waals surface area contributed by atoms with Crippen LogP contribution in [-0.4, -0.2) is 30.8 Å². The first-order valence-electron chi connectivity index (χ1n) is 9.89. The van der Waals surface area contributed by atoms with Crippen LogP contribution in [0.1, 0.15) is 37.1 Å². The molecule has 2 aromatic carbocycles. The summed E-state index contributed by atoms with van der Waals surface area (Å²) in [4.78, 5) is 26.3. The Kier molecular flexibility index (Phi) is 5.94. The summed E-state index contributed by atoms with van der Waals surface area (Å²) in [5.74, 6) is 1.90. The number of benzene rings is 2. The van der Waals surface area contributed by atoms with E-state index in [0.29, 0.717) is 36.9 Å². The van der Waals surface area contributed by atoms with E-state index in [0.717, 1.165) is 29.8 Å². The van der Waals surface area contributed by atoms with Crippen LogP contribution in [0, 0.1) is 0 Å². The van der Waals surface area contributed by atoms with E-state index in [-0.39, 0.29) is 17.2 Å². The number of thioether (sulfide) groups is 1. The summed E-state index contributed by atoms with van der Waals surface area (Å²) < 4.78 is 11.3. The molecule has 29 heavy (non-hydrogen) atoms. The second-order valence-electron chi connectivity index (χ2n) is 7.03. The van der Waals surface area contributed by atoms with E-state index in [9.17, 15) is 9.59 Å². The number of fused-ring (bicyclic) bond motifs is 1. The molecule has 0 unspecified atom stereocenters. The fraction of sp³-hybridized carbons (Fsp3) is 0.364. The molecule has 2 amide bonds. The van der Waals surface area contributed by atoms with Crippen molar-refractivity contribution in [2.24, 2.45) is 0 Å². The van der Waals surface area contributed by atoms with Crippen molar-refractivity contribution in [1.29, 1.82) is 0 Å². The highest BCUT2D eigenvalue weighted by Gasteiger charge is 2.34. The van der Waals surface area contributed by atoms with Crippen LogP contribution in [0.3, 0.4) is 0 Å². The fourth-order valence-corrected chi connectivity index (χ4v) is 4.60. The summed E-state index contributed by atoms with van der Waals surface area (Å²) in [7, 11) is 0. The van der Waals surface area contributed by atoms with E-state index in [4.69, 9.17) is 9.47 Å². The first-order chi connectivity index (χ1) is 14.2. The number of hydrogen-bond acceptors (Lipinski definition) is 5. The molecule has 0 spiro atoms. The number of ether oxygens (including phenoxy) is 2. The van der Waals surface area contributed by atoms with E-state index < -0.39 is 0 Å². The molecule has 2 aromatic rings. The molecule has 0 aromatic heterocycles. The molecule has 0 saturated carbocycles. The lowest BCUT2D eigenvalue weighted by Crippen LogP contribution is -2.28. The molecule has 152 valence electrons. The third-order valence-electron chi connectivity index (χ3n) is 4.91. The van der Waals surface area contributed by atoms with Crippen LogP contribution in [0.4, 0.5) is 11.4 Å². The Labute approximate surface area is 174 Å². The lowest BCUT2D eigenvalue weighted by atomic mass is 10.1. The van der Waals surface area contributed by atoms with Gasteiger partial charge >= 0.3 is 0 Å². The second-order valence-corrected chi connectivity index (χ2v) is 8.10. The van der Waals surface area contributed by atoms with Crippen molar-refractivity contribution in [3.8, 4) is 11.5 Å². The van der Waals surface area contributed by atoms with Gasteiger partial charge in [-0.1, -0.05) is 25.5 Å². The Balaban J connectivity index is 1.51. The quantitative estimate of drug-likeness (QED) is 0.763. The zero-order chi connectivity index (χ0) is 20.2. The summed E-state index contributed by atoms with van der Waals surface area (Å²) in [5, 5.41) is 2.81. The summed E-state index contributed by atoms with van der Waals surface area (Å²) in [6, 6.07) is 13.3. The van der Waals surface area contributed by atoms with Crippen LogP contribution in [-0.2, 0) is 9.59 Å². The molecule has 2 aliphatic heterocycles. The molecular formula is C22H24N2O4S. The minimum Gasteiger partial charge on any atom is -0.486 e. The largest absolute Gasteiger partial charge is 0.486 e. The van der Waals surface area contributed by atoms with E-state index >= 15 is 0 Å². The van der Waals surface area contributed by atoms with Crippen molar-refractivity contribution in [1.82, 2.24) is 0 Å². The van der Waals surface area contributed by atoms with Gasteiger partial charge in [0.05, 0.1) is 5.75 Å². The minimum absolute atomic E-state index is 0.0305. The molecular weight excluding hydrogens is 388 g/mol. The minimum atomic E-state index is -0.116. The van der Waals surface area contributed by atoms with Crippen LogP contribution in [0.2, 0.25) is 0 Å². The highest BCUT2D eigenvalue weighted by molar-refractivity contribution is 8.00. The fourth-order valence-electron chi connectivity index (χ4n) is 3.42. The molecule has 1 saturated heterocycles. The number of rotatable bonds is 6. The van der Waals surface area contributed by atoms with Crippen LogP contribution >= 0.6 is 11.8 Å². The molecule has 2 heterocycles. The molecule has 4 rings (SSSR count). The SMILES string of the molecule is CCCCC(=O)Nc1ccc([C@@H]2SCC(=O)N2c2ccc3c(c2)OCCO3)cc1. The lowest BCUT2D eigenvalue weighted by Gasteiger charge is -2.26. The van der Waals surface area contributed by atoms with Gasteiger partial charge in [0.2, 0.25) is 11.8 Å². The average molecular weight is 413 g/mol. The normalized spacial score (nSPS) is 18.0. The van der Waals surface area contributed by atoms with Gasteiger partial charge in [-0.15, -0.1) is 11.8 Å². The van der Waals surface area contributed by atoms with E-state index in [2.05, 4.69) is 12.2 Å². The summed E-state index contributed by atoms with van der Waals surface area (Å²) in [6.07, 6.45) is 2.41. The van der Waals surface area contributed by atoms with E-state index in [1.807, 2.05) is 42.5 Å². The second kappa shape index (κ2) is 8.78. The van der Waals surface area contributed by atoms with Gasteiger partial charge < -0.3 is 14.8 Å². The van der Waals surface area contributed by atoms with Crippen molar-refractivity contribution in [2.45, 2.75) is 31.6 Å². The van der Waals surface area contributed by atoms with Crippen molar-refractivity contribution in [3.05, 3.63) is 48.0 Å². The molecule has 0 bridgehead atoms. The van der Waals surface area contributed by atoms with Crippen LogP contribution < -0.4 is 19.7 Å². The maximum Gasteiger partial charge on any atom is 0.238 e.